The molecular weight excluding hydrogens is 220 g/mol. The summed E-state index contributed by atoms with van der Waals surface area (Å²) in [6, 6.07) is 7.01. The van der Waals surface area contributed by atoms with Gasteiger partial charge < -0.3 is 11.1 Å². The van der Waals surface area contributed by atoms with Crippen molar-refractivity contribution in [1.29, 1.82) is 0 Å². The molecule has 2 heteroatoms. The van der Waals surface area contributed by atoms with Gasteiger partial charge in [-0.05, 0) is 67.8 Å². The van der Waals surface area contributed by atoms with Gasteiger partial charge in [0.05, 0.1) is 0 Å². The predicted octanol–water partition coefficient (Wildman–Crippen LogP) is 2.64. The second kappa shape index (κ2) is 6.91. The van der Waals surface area contributed by atoms with Crippen molar-refractivity contribution in [3.8, 4) is 0 Å². The standard InChI is InChI=1S/C16H26N2/c1-13(11-17)8-9-18-12-14-6-7-15-4-2-3-5-16(15)10-14/h6-7,10,13,18H,2-5,8-9,11-12,17H2,1H3. The molecule has 0 bridgehead atoms. The topological polar surface area (TPSA) is 38.0 Å². The van der Waals surface area contributed by atoms with Gasteiger partial charge in [0.1, 0.15) is 0 Å². The first-order valence-corrected chi connectivity index (χ1v) is 7.31. The zero-order valence-corrected chi connectivity index (χ0v) is 11.5. The molecule has 2 rings (SSSR count). The number of hydrogen-bond donors (Lipinski definition) is 2. The van der Waals surface area contributed by atoms with Gasteiger partial charge in [-0.1, -0.05) is 25.1 Å². The molecule has 0 saturated heterocycles. The second-order valence-corrected chi connectivity index (χ2v) is 5.62. The highest BCUT2D eigenvalue weighted by molar-refractivity contribution is 5.33. The van der Waals surface area contributed by atoms with Crippen molar-refractivity contribution in [2.75, 3.05) is 13.1 Å². The van der Waals surface area contributed by atoms with E-state index in [2.05, 4.69) is 30.4 Å². The SMILES string of the molecule is CC(CN)CCNCc1ccc2c(c1)CCCC2. The van der Waals surface area contributed by atoms with Crippen molar-refractivity contribution in [3.63, 3.8) is 0 Å². The summed E-state index contributed by atoms with van der Waals surface area (Å²) < 4.78 is 0. The molecule has 0 amide bonds. The van der Waals surface area contributed by atoms with Crippen LogP contribution >= 0.6 is 0 Å². The van der Waals surface area contributed by atoms with E-state index < -0.39 is 0 Å². The molecule has 0 fully saturated rings. The van der Waals surface area contributed by atoms with Crippen molar-refractivity contribution in [2.45, 2.75) is 45.6 Å². The lowest BCUT2D eigenvalue weighted by molar-refractivity contribution is 0.509. The van der Waals surface area contributed by atoms with Gasteiger partial charge in [-0.15, -0.1) is 0 Å². The van der Waals surface area contributed by atoms with E-state index in [-0.39, 0.29) is 0 Å². The minimum absolute atomic E-state index is 0.626. The first-order chi connectivity index (χ1) is 8.79. The fourth-order valence-corrected chi connectivity index (χ4v) is 2.60. The molecule has 0 aromatic heterocycles. The van der Waals surface area contributed by atoms with E-state index in [0.717, 1.165) is 19.6 Å². The summed E-state index contributed by atoms with van der Waals surface area (Å²) in [7, 11) is 0. The molecule has 1 aliphatic rings. The zero-order valence-electron chi connectivity index (χ0n) is 11.5. The highest BCUT2D eigenvalue weighted by atomic mass is 14.8. The average molecular weight is 246 g/mol. The molecule has 1 aliphatic carbocycles. The zero-order chi connectivity index (χ0) is 12.8. The largest absolute Gasteiger partial charge is 0.330 e. The third-order valence-electron chi connectivity index (χ3n) is 3.96. The van der Waals surface area contributed by atoms with Crippen LogP contribution in [-0.2, 0) is 19.4 Å². The summed E-state index contributed by atoms with van der Waals surface area (Å²) in [5.74, 6) is 0.626. The van der Waals surface area contributed by atoms with E-state index in [9.17, 15) is 0 Å². The third-order valence-corrected chi connectivity index (χ3v) is 3.96. The first kappa shape index (κ1) is 13.6. The molecule has 3 N–H and O–H groups in total. The Balaban J connectivity index is 1.79. The Labute approximate surface area is 111 Å². The van der Waals surface area contributed by atoms with Gasteiger partial charge in [0.2, 0.25) is 0 Å². The maximum Gasteiger partial charge on any atom is 0.0205 e. The summed E-state index contributed by atoms with van der Waals surface area (Å²) >= 11 is 0. The lowest BCUT2D eigenvalue weighted by Gasteiger charge is -2.17. The van der Waals surface area contributed by atoms with Crippen LogP contribution in [0, 0.1) is 5.92 Å². The van der Waals surface area contributed by atoms with Gasteiger partial charge in [-0.25, -0.2) is 0 Å². The number of fused-ring (bicyclic) bond motifs is 1. The molecule has 0 saturated carbocycles. The third kappa shape index (κ3) is 3.82. The van der Waals surface area contributed by atoms with Gasteiger partial charge in [-0.2, -0.15) is 0 Å². The van der Waals surface area contributed by atoms with Crippen LogP contribution in [0.25, 0.3) is 0 Å². The van der Waals surface area contributed by atoms with Crippen LogP contribution in [0.3, 0.4) is 0 Å². The lowest BCUT2D eigenvalue weighted by Crippen LogP contribution is -2.20. The summed E-state index contributed by atoms with van der Waals surface area (Å²) in [6.45, 7) is 5.06. The summed E-state index contributed by atoms with van der Waals surface area (Å²) in [6.07, 6.45) is 6.44. The summed E-state index contributed by atoms with van der Waals surface area (Å²) in [4.78, 5) is 0. The number of nitrogens with one attached hydrogen (secondary N) is 1. The van der Waals surface area contributed by atoms with E-state index in [1.807, 2.05) is 0 Å². The molecule has 1 atom stereocenters. The van der Waals surface area contributed by atoms with Crippen LogP contribution in [0.1, 0.15) is 42.9 Å². The van der Waals surface area contributed by atoms with Crippen LogP contribution in [0.2, 0.25) is 0 Å². The highest BCUT2D eigenvalue weighted by Crippen LogP contribution is 2.22. The van der Waals surface area contributed by atoms with Gasteiger partial charge >= 0.3 is 0 Å². The first-order valence-electron chi connectivity index (χ1n) is 7.31. The number of hydrogen-bond acceptors (Lipinski definition) is 2. The number of rotatable bonds is 6. The maximum atomic E-state index is 5.61. The Hall–Kier alpha value is -0.860. The Bertz CT molecular complexity index is 373. The summed E-state index contributed by atoms with van der Waals surface area (Å²) in [5, 5.41) is 3.52. The molecule has 2 nitrogen and oxygen atoms in total. The molecule has 18 heavy (non-hydrogen) atoms. The van der Waals surface area contributed by atoms with Gasteiger partial charge in [0.15, 0.2) is 0 Å². The smallest absolute Gasteiger partial charge is 0.0205 e. The van der Waals surface area contributed by atoms with Crippen LogP contribution in [-0.4, -0.2) is 13.1 Å². The van der Waals surface area contributed by atoms with Crippen molar-refractivity contribution in [1.82, 2.24) is 5.32 Å². The molecule has 100 valence electrons. The van der Waals surface area contributed by atoms with E-state index in [0.29, 0.717) is 5.92 Å². The minimum atomic E-state index is 0.626. The van der Waals surface area contributed by atoms with Crippen LogP contribution < -0.4 is 11.1 Å². The Kier molecular flexibility index (Phi) is 5.21. The molecule has 1 aromatic carbocycles. The fraction of sp³-hybridized carbons (Fsp3) is 0.625. The lowest BCUT2D eigenvalue weighted by atomic mass is 9.90. The van der Waals surface area contributed by atoms with E-state index in [4.69, 9.17) is 5.73 Å². The van der Waals surface area contributed by atoms with Crippen LogP contribution in [0.15, 0.2) is 18.2 Å². The number of aryl methyl sites for hydroxylation is 2. The Morgan fingerprint density at radius 2 is 2.00 bits per heavy atom. The highest BCUT2D eigenvalue weighted by Gasteiger charge is 2.09. The predicted molar refractivity (Wildman–Crippen MR) is 77.6 cm³/mol. The summed E-state index contributed by atoms with van der Waals surface area (Å²) in [5.41, 5.74) is 10.2. The van der Waals surface area contributed by atoms with Crippen molar-refractivity contribution in [3.05, 3.63) is 34.9 Å². The molecule has 0 spiro atoms. The van der Waals surface area contributed by atoms with Crippen LogP contribution in [0.5, 0.6) is 0 Å². The van der Waals surface area contributed by atoms with Crippen LogP contribution in [0.4, 0.5) is 0 Å². The molecule has 1 unspecified atom stereocenters. The van der Waals surface area contributed by atoms with Crippen molar-refractivity contribution in [2.24, 2.45) is 11.7 Å². The quantitative estimate of drug-likeness (QED) is 0.757. The van der Waals surface area contributed by atoms with E-state index >= 15 is 0 Å². The minimum Gasteiger partial charge on any atom is -0.330 e. The van der Waals surface area contributed by atoms with Gasteiger partial charge in [-0.3, -0.25) is 0 Å². The monoisotopic (exact) mass is 246 g/mol. The molecule has 0 heterocycles. The Morgan fingerprint density at radius 3 is 2.78 bits per heavy atom. The van der Waals surface area contributed by atoms with E-state index in [1.165, 1.54) is 37.7 Å². The average Bonchev–Trinajstić information content (AvgIpc) is 2.43. The fourth-order valence-electron chi connectivity index (χ4n) is 2.60. The Morgan fingerprint density at radius 1 is 1.22 bits per heavy atom. The molecule has 0 radical (unpaired) electrons. The second-order valence-electron chi connectivity index (χ2n) is 5.62. The molecular formula is C16H26N2. The normalized spacial score (nSPS) is 16.3. The van der Waals surface area contributed by atoms with E-state index in [1.54, 1.807) is 11.1 Å². The van der Waals surface area contributed by atoms with Crippen molar-refractivity contribution >= 4 is 0 Å². The molecule has 1 aromatic rings. The number of benzene rings is 1. The molecule has 0 aliphatic heterocycles. The van der Waals surface area contributed by atoms with Crippen molar-refractivity contribution < 1.29 is 0 Å². The number of nitrogens with two attached hydrogens (primary N) is 1. The van der Waals surface area contributed by atoms with Gasteiger partial charge in [0.25, 0.3) is 0 Å². The maximum absolute atomic E-state index is 5.61. The van der Waals surface area contributed by atoms with Gasteiger partial charge in [0, 0.05) is 6.54 Å².